The van der Waals surface area contributed by atoms with Crippen LogP contribution in [-0.2, 0) is 12.0 Å². The number of hydrogen-bond donors (Lipinski definition) is 2. The summed E-state index contributed by atoms with van der Waals surface area (Å²) in [4.78, 5) is 0. The molecule has 2 unspecified atom stereocenters. The topological polar surface area (TPSA) is 32.3 Å². The lowest BCUT2D eigenvalue weighted by atomic mass is 9.95. The van der Waals surface area contributed by atoms with Gasteiger partial charge in [0, 0.05) is 12.6 Å². The van der Waals surface area contributed by atoms with E-state index in [1.807, 2.05) is 12.1 Å². The van der Waals surface area contributed by atoms with Crippen LogP contribution in [0.4, 0.5) is 0 Å². The van der Waals surface area contributed by atoms with Gasteiger partial charge in [-0.05, 0) is 37.3 Å². The molecule has 2 N–H and O–H groups in total. The molecular formula is C14H21NO. The largest absolute Gasteiger partial charge is 0.384 e. The minimum atomic E-state index is -0.653. The lowest BCUT2D eigenvalue weighted by Crippen LogP contribution is -2.40. The summed E-state index contributed by atoms with van der Waals surface area (Å²) in [5.41, 5.74) is 1.77. The highest BCUT2D eigenvalue weighted by atomic mass is 16.3. The summed E-state index contributed by atoms with van der Waals surface area (Å²) < 4.78 is 0. The zero-order valence-corrected chi connectivity index (χ0v) is 10.2. The third kappa shape index (κ3) is 2.13. The Balaban J connectivity index is 2.10. The molecule has 0 radical (unpaired) electrons. The van der Waals surface area contributed by atoms with Crippen LogP contribution >= 0.6 is 0 Å². The predicted molar refractivity (Wildman–Crippen MR) is 66.4 cm³/mol. The van der Waals surface area contributed by atoms with Crippen LogP contribution in [0.25, 0.3) is 0 Å². The molecule has 0 aliphatic heterocycles. The number of nitrogens with one attached hydrogen (secondary N) is 1. The smallest absolute Gasteiger partial charge is 0.103 e. The van der Waals surface area contributed by atoms with Gasteiger partial charge in [-0.1, -0.05) is 31.2 Å². The Labute approximate surface area is 97.7 Å². The van der Waals surface area contributed by atoms with Gasteiger partial charge in [0.05, 0.1) is 0 Å². The molecule has 2 nitrogen and oxygen atoms in total. The second-order valence-corrected chi connectivity index (χ2v) is 4.88. The Kier molecular flexibility index (Phi) is 3.31. The van der Waals surface area contributed by atoms with E-state index in [4.69, 9.17) is 0 Å². The summed E-state index contributed by atoms with van der Waals surface area (Å²) >= 11 is 0. The van der Waals surface area contributed by atoms with Crippen molar-refractivity contribution in [3.63, 3.8) is 0 Å². The van der Waals surface area contributed by atoms with Gasteiger partial charge in [0.1, 0.15) is 5.60 Å². The van der Waals surface area contributed by atoms with Gasteiger partial charge >= 0.3 is 0 Å². The van der Waals surface area contributed by atoms with E-state index < -0.39 is 5.60 Å². The molecule has 0 aromatic heterocycles. The van der Waals surface area contributed by atoms with Gasteiger partial charge in [-0.2, -0.15) is 0 Å². The van der Waals surface area contributed by atoms with Crippen LogP contribution in [0.1, 0.15) is 37.8 Å². The summed E-state index contributed by atoms with van der Waals surface area (Å²) in [7, 11) is 0. The standard InChI is InChI=1S/C14H21NO/c1-3-11(2)15-10-14(16)9-8-12-6-4-5-7-13(12)14/h4-7,11,15-16H,3,8-10H2,1-2H3. The van der Waals surface area contributed by atoms with Crippen LogP contribution in [-0.4, -0.2) is 17.7 Å². The van der Waals surface area contributed by atoms with E-state index in [1.165, 1.54) is 5.56 Å². The number of benzene rings is 1. The Bertz CT molecular complexity index is 364. The van der Waals surface area contributed by atoms with Crippen molar-refractivity contribution in [3.8, 4) is 0 Å². The number of rotatable bonds is 4. The minimum Gasteiger partial charge on any atom is -0.384 e. The number of aliphatic hydroxyl groups is 1. The van der Waals surface area contributed by atoms with Gasteiger partial charge in [0.2, 0.25) is 0 Å². The Morgan fingerprint density at radius 1 is 1.44 bits per heavy atom. The molecule has 2 rings (SSSR count). The summed E-state index contributed by atoms with van der Waals surface area (Å²) in [6.07, 6.45) is 2.93. The van der Waals surface area contributed by atoms with Crippen LogP contribution in [0.3, 0.4) is 0 Å². The van der Waals surface area contributed by atoms with Crippen LogP contribution in [0.15, 0.2) is 24.3 Å². The van der Waals surface area contributed by atoms with Crippen molar-refractivity contribution in [1.82, 2.24) is 5.32 Å². The molecule has 0 fully saturated rings. The maximum atomic E-state index is 10.6. The van der Waals surface area contributed by atoms with Gasteiger partial charge in [0.15, 0.2) is 0 Å². The van der Waals surface area contributed by atoms with Gasteiger partial charge < -0.3 is 10.4 Å². The van der Waals surface area contributed by atoms with Crippen LogP contribution in [0, 0.1) is 0 Å². The van der Waals surface area contributed by atoms with E-state index in [0.717, 1.165) is 24.8 Å². The molecule has 1 aromatic rings. The molecule has 2 atom stereocenters. The Hall–Kier alpha value is -0.860. The molecule has 0 saturated heterocycles. The number of aryl methyl sites for hydroxylation is 1. The molecule has 0 heterocycles. The van der Waals surface area contributed by atoms with Crippen molar-refractivity contribution in [3.05, 3.63) is 35.4 Å². The first-order valence-electron chi connectivity index (χ1n) is 6.20. The van der Waals surface area contributed by atoms with Crippen molar-refractivity contribution in [2.24, 2.45) is 0 Å². The normalized spacial score (nSPS) is 25.4. The maximum Gasteiger partial charge on any atom is 0.103 e. The van der Waals surface area contributed by atoms with Crippen LogP contribution in [0.5, 0.6) is 0 Å². The van der Waals surface area contributed by atoms with Crippen LogP contribution < -0.4 is 5.32 Å². The second-order valence-electron chi connectivity index (χ2n) is 4.88. The van der Waals surface area contributed by atoms with Gasteiger partial charge in [-0.15, -0.1) is 0 Å². The van der Waals surface area contributed by atoms with Gasteiger partial charge in [0.25, 0.3) is 0 Å². The quantitative estimate of drug-likeness (QED) is 0.813. The highest BCUT2D eigenvalue weighted by Crippen LogP contribution is 2.36. The van der Waals surface area contributed by atoms with E-state index in [1.54, 1.807) is 0 Å². The third-order valence-corrected chi connectivity index (χ3v) is 3.68. The molecule has 1 aliphatic rings. The van der Waals surface area contributed by atoms with Gasteiger partial charge in [-0.25, -0.2) is 0 Å². The molecule has 1 aromatic carbocycles. The lowest BCUT2D eigenvalue weighted by Gasteiger charge is -2.26. The molecule has 1 aliphatic carbocycles. The number of hydrogen-bond acceptors (Lipinski definition) is 2. The average Bonchev–Trinajstić information content (AvgIpc) is 2.66. The summed E-state index contributed by atoms with van der Waals surface area (Å²) in [5.74, 6) is 0. The van der Waals surface area contributed by atoms with Crippen molar-refractivity contribution in [1.29, 1.82) is 0 Å². The molecular weight excluding hydrogens is 198 g/mol. The Morgan fingerprint density at radius 3 is 2.94 bits per heavy atom. The fourth-order valence-corrected chi connectivity index (χ4v) is 2.34. The fraction of sp³-hybridized carbons (Fsp3) is 0.571. The first-order chi connectivity index (χ1) is 7.65. The van der Waals surface area contributed by atoms with Gasteiger partial charge in [-0.3, -0.25) is 0 Å². The predicted octanol–water partition coefficient (Wildman–Crippen LogP) is 2.21. The Morgan fingerprint density at radius 2 is 2.19 bits per heavy atom. The first-order valence-corrected chi connectivity index (χ1v) is 6.20. The third-order valence-electron chi connectivity index (χ3n) is 3.68. The summed E-state index contributed by atoms with van der Waals surface area (Å²) in [6.45, 7) is 4.98. The first kappa shape index (κ1) is 11.6. The maximum absolute atomic E-state index is 10.6. The number of fused-ring (bicyclic) bond motifs is 1. The van der Waals surface area contributed by atoms with Crippen LogP contribution in [0.2, 0.25) is 0 Å². The molecule has 0 bridgehead atoms. The molecule has 16 heavy (non-hydrogen) atoms. The van der Waals surface area contributed by atoms with E-state index in [0.29, 0.717) is 12.6 Å². The highest BCUT2D eigenvalue weighted by Gasteiger charge is 2.36. The average molecular weight is 219 g/mol. The molecule has 0 spiro atoms. The SMILES string of the molecule is CCC(C)NCC1(O)CCc2ccccc21. The monoisotopic (exact) mass is 219 g/mol. The van der Waals surface area contributed by atoms with E-state index in [2.05, 4.69) is 31.3 Å². The highest BCUT2D eigenvalue weighted by molar-refractivity contribution is 5.37. The van der Waals surface area contributed by atoms with E-state index >= 15 is 0 Å². The molecule has 88 valence electrons. The molecule has 2 heteroatoms. The summed E-state index contributed by atoms with van der Waals surface area (Å²) in [5, 5.41) is 14.0. The van der Waals surface area contributed by atoms with E-state index in [-0.39, 0.29) is 0 Å². The van der Waals surface area contributed by atoms with Crippen molar-refractivity contribution in [2.45, 2.75) is 44.8 Å². The summed E-state index contributed by atoms with van der Waals surface area (Å²) in [6, 6.07) is 8.71. The van der Waals surface area contributed by atoms with Crippen molar-refractivity contribution >= 4 is 0 Å². The van der Waals surface area contributed by atoms with Crippen molar-refractivity contribution in [2.75, 3.05) is 6.54 Å². The zero-order chi connectivity index (χ0) is 11.6. The fourth-order valence-electron chi connectivity index (χ4n) is 2.34. The molecule has 0 amide bonds. The van der Waals surface area contributed by atoms with E-state index in [9.17, 15) is 5.11 Å². The van der Waals surface area contributed by atoms with Crippen molar-refractivity contribution < 1.29 is 5.11 Å². The molecule has 0 saturated carbocycles. The zero-order valence-electron chi connectivity index (χ0n) is 10.2. The lowest BCUT2D eigenvalue weighted by molar-refractivity contribution is 0.0363. The minimum absolute atomic E-state index is 0.469. The second kappa shape index (κ2) is 4.56.